The summed E-state index contributed by atoms with van der Waals surface area (Å²) in [5.74, 6) is -3.59. The molecule has 2 unspecified atom stereocenters. The molecule has 1 aliphatic rings. The number of aliphatic carboxylic acids is 1. The molecule has 2 rings (SSSR count). The molecule has 9 heteroatoms. The first-order chi connectivity index (χ1) is 13.4. The van der Waals surface area contributed by atoms with Gasteiger partial charge < -0.3 is 15.6 Å². The Kier molecular flexibility index (Phi) is 6.86. The number of carboxylic acids is 1. The lowest BCUT2D eigenvalue weighted by atomic mass is 10.0. The molecule has 3 N–H and O–H groups in total. The van der Waals surface area contributed by atoms with Crippen molar-refractivity contribution in [3.63, 3.8) is 0 Å². The molecular weight excluding hydrogens is 396 g/mol. The van der Waals surface area contributed by atoms with E-state index in [0.717, 1.165) is 9.87 Å². The molecule has 1 aromatic carbocycles. The quantitative estimate of drug-likeness (QED) is 0.640. The monoisotopic (exact) mass is 422 g/mol. The normalized spacial score (nSPS) is 18.1. The van der Waals surface area contributed by atoms with Crippen LogP contribution in [-0.4, -0.2) is 47.3 Å². The number of carbonyl (C=O) groups is 2. The Morgan fingerprint density at radius 2 is 1.86 bits per heavy atom. The van der Waals surface area contributed by atoms with Crippen molar-refractivity contribution in [1.82, 2.24) is 4.31 Å². The van der Waals surface area contributed by atoms with E-state index >= 15 is 0 Å². The van der Waals surface area contributed by atoms with Crippen molar-refractivity contribution < 1.29 is 27.9 Å². The van der Waals surface area contributed by atoms with Gasteiger partial charge in [0, 0.05) is 6.20 Å². The van der Waals surface area contributed by atoms with Gasteiger partial charge in [0.2, 0.25) is 10.0 Å². The molecule has 0 saturated heterocycles. The van der Waals surface area contributed by atoms with Crippen LogP contribution in [0, 0.1) is 5.92 Å². The molecule has 8 nitrogen and oxygen atoms in total. The smallest absolute Gasteiger partial charge is 0.338 e. The van der Waals surface area contributed by atoms with Gasteiger partial charge in [0.25, 0.3) is 0 Å². The number of nitrogens with zero attached hydrogens (tertiary/aromatic N) is 1. The first-order valence-corrected chi connectivity index (χ1v) is 10.7. The number of carbonyl (C=O) groups excluding carboxylic acids is 1. The standard InChI is InChI=1S/C20H26N2O6S/c1-20(2,3)28-19(25)15-9-10-22(17(21)12-15)29(26,27)13-16(18(23)24)11-14-7-5-4-6-8-14/h4-10,12,16-17H,11,13,21H2,1-3H3,(H,23,24). The summed E-state index contributed by atoms with van der Waals surface area (Å²) >= 11 is 0. The highest BCUT2D eigenvalue weighted by molar-refractivity contribution is 7.89. The van der Waals surface area contributed by atoms with Gasteiger partial charge in [-0.2, -0.15) is 0 Å². The summed E-state index contributed by atoms with van der Waals surface area (Å²) in [6.07, 6.45) is 2.67. The molecule has 0 saturated carbocycles. The van der Waals surface area contributed by atoms with Crippen molar-refractivity contribution in [2.24, 2.45) is 11.7 Å². The van der Waals surface area contributed by atoms with Gasteiger partial charge in [0.1, 0.15) is 11.8 Å². The summed E-state index contributed by atoms with van der Waals surface area (Å²) in [7, 11) is -4.04. The van der Waals surface area contributed by atoms with E-state index in [1.807, 2.05) is 0 Å². The number of carboxylic acid groups (broad SMARTS) is 1. The summed E-state index contributed by atoms with van der Waals surface area (Å²) in [6, 6.07) is 8.79. The van der Waals surface area contributed by atoms with Gasteiger partial charge in [0.15, 0.2) is 0 Å². The van der Waals surface area contributed by atoms with Gasteiger partial charge in [-0.1, -0.05) is 30.3 Å². The van der Waals surface area contributed by atoms with Crippen LogP contribution in [0.25, 0.3) is 0 Å². The summed E-state index contributed by atoms with van der Waals surface area (Å²) < 4.78 is 31.7. The molecule has 0 aliphatic carbocycles. The minimum absolute atomic E-state index is 0.0706. The van der Waals surface area contributed by atoms with Gasteiger partial charge in [-0.25, -0.2) is 13.2 Å². The summed E-state index contributed by atoms with van der Waals surface area (Å²) in [5.41, 5.74) is 6.08. The van der Waals surface area contributed by atoms with Crippen LogP contribution in [0.1, 0.15) is 26.3 Å². The van der Waals surface area contributed by atoms with Crippen LogP contribution in [0.3, 0.4) is 0 Å². The predicted molar refractivity (Wildman–Crippen MR) is 108 cm³/mol. The first kappa shape index (κ1) is 22.6. The molecule has 1 aliphatic heterocycles. The molecule has 0 amide bonds. The third kappa shape index (κ3) is 6.43. The third-order valence-corrected chi connectivity index (χ3v) is 5.92. The molecule has 0 aromatic heterocycles. The molecule has 0 radical (unpaired) electrons. The van der Waals surface area contributed by atoms with Gasteiger partial charge in [-0.3, -0.25) is 9.10 Å². The molecular formula is C20H26N2O6S. The van der Waals surface area contributed by atoms with Crippen LogP contribution >= 0.6 is 0 Å². The lowest BCUT2D eigenvalue weighted by Crippen LogP contribution is -2.45. The van der Waals surface area contributed by atoms with Crippen LogP contribution in [0.5, 0.6) is 0 Å². The van der Waals surface area contributed by atoms with E-state index in [2.05, 4.69) is 0 Å². The fourth-order valence-corrected chi connectivity index (χ4v) is 4.39. The highest BCUT2D eigenvalue weighted by Gasteiger charge is 2.33. The van der Waals surface area contributed by atoms with Crippen LogP contribution in [0.15, 0.2) is 54.3 Å². The average molecular weight is 423 g/mol. The van der Waals surface area contributed by atoms with Crippen LogP contribution < -0.4 is 5.73 Å². The van der Waals surface area contributed by atoms with E-state index in [1.54, 1.807) is 51.1 Å². The Morgan fingerprint density at radius 1 is 1.24 bits per heavy atom. The number of benzene rings is 1. The summed E-state index contributed by atoms with van der Waals surface area (Å²) in [5, 5.41) is 9.48. The molecule has 0 bridgehead atoms. The zero-order valence-corrected chi connectivity index (χ0v) is 17.4. The van der Waals surface area contributed by atoms with Crippen molar-refractivity contribution in [3.8, 4) is 0 Å². The van der Waals surface area contributed by atoms with E-state index < -0.39 is 45.4 Å². The third-order valence-electron chi connectivity index (χ3n) is 4.09. The Bertz CT molecular complexity index is 916. The van der Waals surface area contributed by atoms with Gasteiger partial charge in [-0.15, -0.1) is 0 Å². The van der Waals surface area contributed by atoms with Crippen LogP contribution in [-0.2, 0) is 30.8 Å². The van der Waals surface area contributed by atoms with Crippen LogP contribution in [0.2, 0.25) is 0 Å². The van der Waals surface area contributed by atoms with E-state index in [1.165, 1.54) is 18.4 Å². The average Bonchev–Trinajstić information content (AvgIpc) is 2.60. The zero-order chi connectivity index (χ0) is 21.8. The number of rotatable bonds is 7. The number of hydrogen-bond acceptors (Lipinski definition) is 6. The Labute approximate surface area is 170 Å². The maximum Gasteiger partial charge on any atom is 0.338 e. The van der Waals surface area contributed by atoms with Gasteiger partial charge >= 0.3 is 11.9 Å². The van der Waals surface area contributed by atoms with E-state index in [9.17, 15) is 23.1 Å². The van der Waals surface area contributed by atoms with Crippen molar-refractivity contribution in [2.45, 2.75) is 39.0 Å². The lowest BCUT2D eigenvalue weighted by molar-refractivity contribution is -0.149. The molecule has 29 heavy (non-hydrogen) atoms. The van der Waals surface area contributed by atoms with Crippen molar-refractivity contribution >= 4 is 22.0 Å². The van der Waals surface area contributed by atoms with E-state index in [0.29, 0.717) is 0 Å². The molecule has 1 heterocycles. The Morgan fingerprint density at radius 3 is 2.38 bits per heavy atom. The van der Waals surface area contributed by atoms with E-state index in [-0.39, 0.29) is 12.0 Å². The second kappa shape index (κ2) is 8.79. The molecule has 0 fully saturated rings. The number of sulfonamides is 1. The number of esters is 1. The van der Waals surface area contributed by atoms with E-state index in [4.69, 9.17) is 10.5 Å². The second-order valence-electron chi connectivity index (χ2n) is 7.76. The summed E-state index contributed by atoms with van der Waals surface area (Å²) in [4.78, 5) is 23.8. The maximum absolute atomic E-state index is 12.8. The molecule has 1 aromatic rings. The number of hydrogen-bond donors (Lipinski definition) is 2. The highest BCUT2D eigenvalue weighted by Crippen LogP contribution is 2.21. The largest absolute Gasteiger partial charge is 0.481 e. The topological polar surface area (TPSA) is 127 Å². The van der Waals surface area contributed by atoms with Gasteiger partial charge in [-0.05, 0) is 44.9 Å². The fourth-order valence-electron chi connectivity index (χ4n) is 2.77. The van der Waals surface area contributed by atoms with Gasteiger partial charge in [0.05, 0.1) is 17.2 Å². The highest BCUT2D eigenvalue weighted by atomic mass is 32.2. The summed E-state index contributed by atoms with van der Waals surface area (Å²) in [6.45, 7) is 5.15. The maximum atomic E-state index is 12.8. The Balaban J connectivity index is 2.13. The van der Waals surface area contributed by atoms with Crippen LogP contribution in [0.4, 0.5) is 0 Å². The second-order valence-corrected chi connectivity index (χ2v) is 9.68. The predicted octanol–water partition coefficient (Wildman–Crippen LogP) is 1.64. The minimum atomic E-state index is -4.04. The molecule has 158 valence electrons. The minimum Gasteiger partial charge on any atom is -0.481 e. The van der Waals surface area contributed by atoms with Crippen molar-refractivity contribution in [3.05, 3.63) is 59.8 Å². The Hall–Kier alpha value is -2.65. The molecule has 2 atom stereocenters. The number of nitrogens with two attached hydrogens (primary N) is 1. The fraction of sp³-hybridized carbons (Fsp3) is 0.400. The van der Waals surface area contributed by atoms with Crippen molar-refractivity contribution in [1.29, 1.82) is 0 Å². The van der Waals surface area contributed by atoms with Crippen molar-refractivity contribution in [2.75, 3.05) is 5.75 Å². The first-order valence-electron chi connectivity index (χ1n) is 9.06. The SMILES string of the molecule is CC(C)(C)OC(=O)C1=CC(N)N(S(=O)(=O)CC(Cc2ccccc2)C(=O)O)C=C1. The number of ether oxygens (including phenoxy) is 1. The lowest BCUT2D eigenvalue weighted by Gasteiger charge is -2.29. The zero-order valence-electron chi connectivity index (χ0n) is 16.6. The molecule has 0 spiro atoms.